The lowest BCUT2D eigenvalue weighted by molar-refractivity contribution is -0.137. The zero-order chi connectivity index (χ0) is 14.0. The molecule has 1 amide bonds. The minimum Gasteiger partial charge on any atom is -0.376 e. The first kappa shape index (κ1) is 14.2. The molecule has 0 heterocycles. The van der Waals surface area contributed by atoms with Crippen LogP contribution in [0.4, 0.5) is 18.9 Å². The van der Waals surface area contributed by atoms with Gasteiger partial charge in [-0.3, -0.25) is 4.79 Å². The Labute approximate surface area is 116 Å². The highest BCUT2D eigenvalue weighted by atomic mass is 79.9. The molecule has 0 aliphatic heterocycles. The van der Waals surface area contributed by atoms with E-state index in [1.54, 1.807) is 0 Å². The summed E-state index contributed by atoms with van der Waals surface area (Å²) in [6, 6.07) is 3.71. The van der Waals surface area contributed by atoms with Crippen molar-refractivity contribution in [3.63, 3.8) is 0 Å². The quantitative estimate of drug-likeness (QED) is 0.886. The number of hydrogen-bond donors (Lipinski definition) is 2. The molecule has 0 atom stereocenters. The van der Waals surface area contributed by atoms with Crippen molar-refractivity contribution < 1.29 is 18.0 Å². The van der Waals surface area contributed by atoms with Gasteiger partial charge in [-0.1, -0.05) is 15.9 Å². The smallest absolute Gasteiger partial charge is 0.376 e. The van der Waals surface area contributed by atoms with Crippen molar-refractivity contribution in [1.82, 2.24) is 5.32 Å². The highest BCUT2D eigenvalue weighted by molar-refractivity contribution is 9.10. The van der Waals surface area contributed by atoms with Gasteiger partial charge in [-0.2, -0.15) is 13.2 Å². The third-order valence-corrected chi connectivity index (χ3v) is 3.08. The summed E-state index contributed by atoms with van der Waals surface area (Å²) < 4.78 is 38.1. The molecular formula is C12H12BrF3N2O. The molecule has 1 saturated carbocycles. The van der Waals surface area contributed by atoms with Crippen molar-refractivity contribution in [2.45, 2.75) is 25.1 Å². The monoisotopic (exact) mass is 336 g/mol. The van der Waals surface area contributed by atoms with E-state index < -0.39 is 11.7 Å². The van der Waals surface area contributed by atoms with Crippen molar-refractivity contribution >= 4 is 27.5 Å². The van der Waals surface area contributed by atoms with Crippen molar-refractivity contribution in [1.29, 1.82) is 0 Å². The van der Waals surface area contributed by atoms with Crippen LogP contribution in [0, 0.1) is 0 Å². The van der Waals surface area contributed by atoms with Gasteiger partial charge in [0.05, 0.1) is 12.1 Å². The van der Waals surface area contributed by atoms with Crippen molar-refractivity contribution in [2.24, 2.45) is 0 Å². The van der Waals surface area contributed by atoms with Gasteiger partial charge in [-0.15, -0.1) is 0 Å². The maximum atomic E-state index is 12.6. The number of carbonyl (C=O) groups is 1. The van der Waals surface area contributed by atoms with E-state index in [-0.39, 0.29) is 24.2 Å². The molecule has 0 spiro atoms. The molecule has 1 aliphatic rings. The molecule has 2 rings (SSSR count). The predicted octanol–water partition coefficient (Wildman–Crippen LogP) is 3.16. The summed E-state index contributed by atoms with van der Waals surface area (Å²) in [5.74, 6) is -0.212. The number of carbonyl (C=O) groups excluding carboxylic acids is 1. The summed E-state index contributed by atoms with van der Waals surface area (Å²) in [5, 5.41) is 5.44. The SMILES string of the molecule is O=C(CNc1cc(Br)cc(C(F)(F)F)c1)NC1CC1. The van der Waals surface area contributed by atoms with E-state index >= 15 is 0 Å². The van der Waals surface area contributed by atoms with Gasteiger partial charge < -0.3 is 10.6 Å². The summed E-state index contributed by atoms with van der Waals surface area (Å²) >= 11 is 3.02. The molecule has 1 aromatic rings. The van der Waals surface area contributed by atoms with E-state index in [9.17, 15) is 18.0 Å². The van der Waals surface area contributed by atoms with Crippen LogP contribution in [0.2, 0.25) is 0 Å². The molecule has 1 aliphatic carbocycles. The number of amides is 1. The fourth-order valence-corrected chi connectivity index (χ4v) is 2.04. The molecule has 0 unspecified atom stereocenters. The molecule has 104 valence electrons. The molecular weight excluding hydrogens is 325 g/mol. The van der Waals surface area contributed by atoms with Gasteiger partial charge in [0.25, 0.3) is 0 Å². The highest BCUT2D eigenvalue weighted by Gasteiger charge is 2.31. The Balaban J connectivity index is 1.99. The molecule has 0 radical (unpaired) electrons. The van der Waals surface area contributed by atoms with Crippen molar-refractivity contribution in [3.05, 3.63) is 28.2 Å². The van der Waals surface area contributed by atoms with E-state index in [0.717, 1.165) is 25.0 Å². The molecule has 7 heteroatoms. The average molecular weight is 337 g/mol. The Morgan fingerprint density at radius 3 is 2.58 bits per heavy atom. The van der Waals surface area contributed by atoms with Crippen LogP contribution >= 0.6 is 15.9 Å². The topological polar surface area (TPSA) is 41.1 Å². The zero-order valence-electron chi connectivity index (χ0n) is 9.85. The van der Waals surface area contributed by atoms with Crippen LogP contribution < -0.4 is 10.6 Å². The summed E-state index contributed by atoms with van der Waals surface area (Å²) in [6.07, 6.45) is -2.46. The number of benzene rings is 1. The number of halogens is 4. The predicted molar refractivity (Wildman–Crippen MR) is 68.8 cm³/mol. The van der Waals surface area contributed by atoms with E-state index in [1.165, 1.54) is 6.07 Å². The molecule has 0 bridgehead atoms. The third-order valence-electron chi connectivity index (χ3n) is 2.62. The van der Waals surface area contributed by atoms with Gasteiger partial charge in [0.15, 0.2) is 0 Å². The number of rotatable bonds is 4. The van der Waals surface area contributed by atoms with Crippen LogP contribution in [0.15, 0.2) is 22.7 Å². The number of nitrogens with one attached hydrogen (secondary N) is 2. The molecule has 19 heavy (non-hydrogen) atoms. The van der Waals surface area contributed by atoms with E-state index in [0.29, 0.717) is 4.47 Å². The van der Waals surface area contributed by atoms with Gasteiger partial charge in [0, 0.05) is 16.2 Å². The standard InChI is InChI=1S/C12H12BrF3N2O/c13-8-3-7(12(14,15)16)4-10(5-8)17-6-11(19)18-9-1-2-9/h3-5,9,17H,1-2,6H2,(H,18,19). The van der Waals surface area contributed by atoms with Crippen LogP contribution in [-0.4, -0.2) is 18.5 Å². The molecule has 0 saturated heterocycles. The van der Waals surface area contributed by atoms with E-state index in [1.807, 2.05) is 0 Å². The average Bonchev–Trinajstić information content (AvgIpc) is 3.08. The lowest BCUT2D eigenvalue weighted by atomic mass is 10.2. The fraction of sp³-hybridized carbons (Fsp3) is 0.417. The second-order valence-corrected chi connectivity index (χ2v) is 5.34. The van der Waals surface area contributed by atoms with Crippen molar-refractivity contribution in [3.8, 4) is 0 Å². The molecule has 1 fully saturated rings. The fourth-order valence-electron chi connectivity index (χ4n) is 1.54. The number of anilines is 1. The van der Waals surface area contributed by atoms with Gasteiger partial charge in [-0.25, -0.2) is 0 Å². The maximum absolute atomic E-state index is 12.6. The molecule has 1 aromatic carbocycles. The largest absolute Gasteiger partial charge is 0.416 e. The number of hydrogen-bond acceptors (Lipinski definition) is 2. The Morgan fingerprint density at radius 2 is 2.00 bits per heavy atom. The second kappa shape index (κ2) is 5.40. The Hall–Kier alpha value is -1.24. The molecule has 0 aromatic heterocycles. The lowest BCUT2D eigenvalue weighted by Gasteiger charge is -2.11. The van der Waals surface area contributed by atoms with Crippen molar-refractivity contribution in [2.75, 3.05) is 11.9 Å². The normalized spacial score (nSPS) is 15.2. The van der Waals surface area contributed by atoms with Gasteiger partial charge >= 0.3 is 6.18 Å². The summed E-state index contributed by atoms with van der Waals surface area (Å²) in [5.41, 5.74) is -0.500. The lowest BCUT2D eigenvalue weighted by Crippen LogP contribution is -2.31. The molecule has 2 N–H and O–H groups in total. The first-order valence-corrected chi connectivity index (χ1v) is 6.55. The van der Waals surface area contributed by atoms with Crippen LogP contribution in [-0.2, 0) is 11.0 Å². The van der Waals surface area contributed by atoms with Crippen LogP contribution in [0.1, 0.15) is 18.4 Å². The summed E-state index contributed by atoms with van der Waals surface area (Å²) in [6.45, 7) is -0.0374. The summed E-state index contributed by atoms with van der Waals surface area (Å²) in [7, 11) is 0. The minimum atomic E-state index is -4.41. The van der Waals surface area contributed by atoms with Gasteiger partial charge in [0.1, 0.15) is 0 Å². The maximum Gasteiger partial charge on any atom is 0.416 e. The van der Waals surface area contributed by atoms with Gasteiger partial charge in [0.2, 0.25) is 5.91 Å². The van der Waals surface area contributed by atoms with Crippen LogP contribution in [0.5, 0.6) is 0 Å². The van der Waals surface area contributed by atoms with E-state index in [2.05, 4.69) is 26.6 Å². The Morgan fingerprint density at radius 1 is 1.32 bits per heavy atom. The first-order chi connectivity index (χ1) is 8.84. The second-order valence-electron chi connectivity index (χ2n) is 4.42. The first-order valence-electron chi connectivity index (χ1n) is 5.75. The zero-order valence-corrected chi connectivity index (χ0v) is 11.4. The highest BCUT2D eigenvalue weighted by Crippen LogP contribution is 2.33. The minimum absolute atomic E-state index is 0.0374. The van der Waals surface area contributed by atoms with Crippen LogP contribution in [0.25, 0.3) is 0 Å². The summed E-state index contributed by atoms with van der Waals surface area (Å²) in [4.78, 5) is 11.4. The van der Waals surface area contributed by atoms with Gasteiger partial charge in [-0.05, 0) is 31.0 Å². The van der Waals surface area contributed by atoms with Crippen LogP contribution in [0.3, 0.4) is 0 Å². The Bertz CT molecular complexity index is 486. The molecule has 3 nitrogen and oxygen atoms in total. The third kappa shape index (κ3) is 4.41. The van der Waals surface area contributed by atoms with E-state index in [4.69, 9.17) is 0 Å². The Kier molecular flexibility index (Phi) is 4.03. The number of alkyl halides is 3.